The van der Waals surface area contributed by atoms with Gasteiger partial charge in [0.15, 0.2) is 0 Å². The minimum atomic E-state index is -0.361. The second-order valence-corrected chi connectivity index (χ2v) is 9.50. The Bertz CT molecular complexity index is 852. The molecule has 5 heteroatoms. The number of methoxy groups -OCH3 is 1. The van der Waals surface area contributed by atoms with Crippen LogP contribution in [0.25, 0.3) is 0 Å². The van der Waals surface area contributed by atoms with E-state index in [4.69, 9.17) is 9.47 Å². The molecule has 2 fully saturated rings. The van der Waals surface area contributed by atoms with E-state index in [0.717, 1.165) is 69.5 Å². The van der Waals surface area contributed by atoms with Gasteiger partial charge >= 0.3 is 0 Å². The maximum absolute atomic E-state index is 13.6. The van der Waals surface area contributed by atoms with E-state index in [1.807, 2.05) is 42.5 Å². The molecule has 1 heterocycles. The summed E-state index contributed by atoms with van der Waals surface area (Å²) in [4.78, 5) is 15.9. The molecule has 32 heavy (non-hydrogen) atoms. The number of carbonyl (C=O) groups is 1. The molecule has 1 aliphatic heterocycles. The molecule has 5 nitrogen and oxygen atoms in total. The van der Waals surface area contributed by atoms with Gasteiger partial charge in [0.25, 0.3) is 0 Å². The summed E-state index contributed by atoms with van der Waals surface area (Å²) in [7, 11) is 3.93. The van der Waals surface area contributed by atoms with Crippen LogP contribution >= 0.6 is 0 Å². The number of nitrogens with zero attached hydrogens (tertiary/aromatic N) is 1. The van der Waals surface area contributed by atoms with Gasteiger partial charge in [0, 0.05) is 13.2 Å². The van der Waals surface area contributed by atoms with Crippen molar-refractivity contribution in [2.45, 2.75) is 57.1 Å². The van der Waals surface area contributed by atoms with Crippen LogP contribution < -0.4 is 10.1 Å². The van der Waals surface area contributed by atoms with Crippen LogP contribution in [0.4, 0.5) is 0 Å². The van der Waals surface area contributed by atoms with Gasteiger partial charge in [0.05, 0.1) is 11.5 Å². The van der Waals surface area contributed by atoms with E-state index in [1.165, 1.54) is 5.56 Å². The van der Waals surface area contributed by atoms with Crippen molar-refractivity contribution in [2.75, 3.05) is 27.2 Å². The fourth-order valence-corrected chi connectivity index (χ4v) is 5.05. The van der Waals surface area contributed by atoms with Crippen LogP contribution in [0.2, 0.25) is 0 Å². The molecule has 0 atom stereocenters. The molecule has 1 saturated carbocycles. The van der Waals surface area contributed by atoms with E-state index in [-0.39, 0.29) is 23.5 Å². The zero-order valence-electron chi connectivity index (χ0n) is 19.4. The van der Waals surface area contributed by atoms with Gasteiger partial charge in [-0.2, -0.15) is 0 Å². The van der Waals surface area contributed by atoms with Crippen molar-refractivity contribution in [3.63, 3.8) is 0 Å². The number of nitrogens with one attached hydrogen (secondary N) is 1. The fourth-order valence-electron chi connectivity index (χ4n) is 5.05. The third-order valence-corrected chi connectivity index (χ3v) is 7.20. The van der Waals surface area contributed by atoms with Crippen LogP contribution in [-0.4, -0.2) is 50.2 Å². The van der Waals surface area contributed by atoms with Crippen molar-refractivity contribution in [3.8, 4) is 11.5 Å². The number of para-hydroxylation sites is 1. The second kappa shape index (κ2) is 10.5. The van der Waals surface area contributed by atoms with E-state index in [9.17, 15) is 4.79 Å². The lowest BCUT2D eigenvalue weighted by Gasteiger charge is -2.40. The standard InChI is InChI=1S/C27H36N2O3/c1-29-18-14-22(15-19-29)28-26(30)27(16-12-23(31-2)13-17-27)20-21-8-10-25(11-9-21)32-24-6-4-3-5-7-24/h3-11,22-23H,12-20H2,1-2H3,(H,28,30). The average molecular weight is 437 g/mol. The van der Waals surface area contributed by atoms with E-state index >= 15 is 0 Å². The Morgan fingerprint density at radius 3 is 2.22 bits per heavy atom. The van der Waals surface area contributed by atoms with Crippen LogP contribution in [0.15, 0.2) is 54.6 Å². The predicted molar refractivity (Wildman–Crippen MR) is 127 cm³/mol. The summed E-state index contributed by atoms with van der Waals surface area (Å²) in [6.45, 7) is 2.10. The smallest absolute Gasteiger partial charge is 0.226 e. The van der Waals surface area contributed by atoms with Crippen LogP contribution in [0.5, 0.6) is 11.5 Å². The lowest BCUT2D eigenvalue weighted by molar-refractivity contribution is -0.135. The molecule has 1 aliphatic carbocycles. The van der Waals surface area contributed by atoms with Crippen molar-refractivity contribution < 1.29 is 14.3 Å². The Morgan fingerprint density at radius 2 is 1.59 bits per heavy atom. The highest BCUT2D eigenvalue weighted by Gasteiger charge is 2.42. The minimum absolute atomic E-state index is 0.228. The monoisotopic (exact) mass is 436 g/mol. The van der Waals surface area contributed by atoms with Gasteiger partial charge in [0.2, 0.25) is 5.91 Å². The lowest BCUT2D eigenvalue weighted by atomic mass is 9.68. The number of hydrogen-bond acceptors (Lipinski definition) is 4. The summed E-state index contributed by atoms with van der Waals surface area (Å²) in [5, 5.41) is 3.42. The fraction of sp³-hybridized carbons (Fsp3) is 0.519. The van der Waals surface area contributed by atoms with E-state index in [1.54, 1.807) is 7.11 Å². The third kappa shape index (κ3) is 5.70. The van der Waals surface area contributed by atoms with Crippen LogP contribution in [0.3, 0.4) is 0 Å². The Hall–Kier alpha value is -2.37. The predicted octanol–water partition coefficient (Wildman–Crippen LogP) is 4.81. The minimum Gasteiger partial charge on any atom is -0.457 e. The third-order valence-electron chi connectivity index (χ3n) is 7.20. The van der Waals surface area contributed by atoms with Gasteiger partial charge in [-0.25, -0.2) is 0 Å². The highest BCUT2D eigenvalue weighted by Crippen LogP contribution is 2.41. The van der Waals surface area contributed by atoms with Gasteiger partial charge in [-0.15, -0.1) is 0 Å². The number of ether oxygens (including phenoxy) is 2. The molecule has 4 rings (SSSR count). The molecule has 172 valence electrons. The number of amides is 1. The van der Waals surface area contributed by atoms with Gasteiger partial charge in [-0.1, -0.05) is 30.3 Å². The maximum Gasteiger partial charge on any atom is 0.226 e. The first-order valence-corrected chi connectivity index (χ1v) is 11.9. The van der Waals surface area contributed by atoms with Gasteiger partial charge in [-0.05, 0) is 94.9 Å². The number of carbonyl (C=O) groups excluding carboxylic acids is 1. The van der Waals surface area contributed by atoms with E-state index in [0.29, 0.717) is 0 Å². The molecule has 1 amide bonds. The summed E-state index contributed by atoms with van der Waals surface area (Å²) in [6, 6.07) is 18.3. The molecular weight excluding hydrogens is 400 g/mol. The molecule has 0 bridgehead atoms. The number of likely N-dealkylation sites (tertiary alicyclic amines) is 1. The van der Waals surface area contributed by atoms with Crippen LogP contribution in [0.1, 0.15) is 44.1 Å². The highest BCUT2D eigenvalue weighted by molar-refractivity contribution is 5.83. The molecule has 2 aliphatic rings. The number of benzene rings is 2. The topological polar surface area (TPSA) is 50.8 Å². The number of hydrogen-bond donors (Lipinski definition) is 1. The molecule has 2 aromatic carbocycles. The summed E-state index contributed by atoms with van der Waals surface area (Å²) < 4.78 is 11.5. The number of rotatable bonds is 7. The number of piperidine rings is 1. The van der Waals surface area contributed by atoms with Crippen LogP contribution in [-0.2, 0) is 16.0 Å². The van der Waals surface area contributed by atoms with Gasteiger partial charge in [-0.3, -0.25) is 4.79 Å². The maximum atomic E-state index is 13.6. The molecule has 1 saturated heterocycles. The lowest BCUT2D eigenvalue weighted by Crippen LogP contribution is -2.51. The van der Waals surface area contributed by atoms with Crippen molar-refractivity contribution >= 4 is 5.91 Å². The van der Waals surface area contributed by atoms with Gasteiger partial charge < -0.3 is 19.7 Å². The Kier molecular flexibility index (Phi) is 7.48. The van der Waals surface area contributed by atoms with Crippen LogP contribution in [0, 0.1) is 5.41 Å². The largest absolute Gasteiger partial charge is 0.457 e. The highest BCUT2D eigenvalue weighted by atomic mass is 16.5. The average Bonchev–Trinajstić information content (AvgIpc) is 2.83. The van der Waals surface area contributed by atoms with Crippen molar-refractivity contribution in [2.24, 2.45) is 5.41 Å². The Labute approximate surface area is 192 Å². The molecule has 2 aromatic rings. The first kappa shape index (κ1) is 22.8. The molecule has 0 spiro atoms. The molecular formula is C27H36N2O3. The molecule has 0 aromatic heterocycles. The molecule has 1 N–H and O–H groups in total. The second-order valence-electron chi connectivity index (χ2n) is 9.50. The first-order chi connectivity index (χ1) is 15.6. The summed E-state index contributed by atoms with van der Waals surface area (Å²) in [5.41, 5.74) is 0.819. The zero-order chi connectivity index (χ0) is 22.4. The normalized spacial score (nSPS) is 24.8. The first-order valence-electron chi connectivity index (χ1n) is 11.9. The van der Waals surface area contributed by atoms with Gasteiger partial charge in [0.1, 0.15) is 11.5 Å². The molecule has 0 radical (unpaired) electrons. The summed E-state index contributed by atoms with van der Waals surface area (Å²) in [6.07, 6.45) is 6.70. The summed E-state index contributed by atoms with van der Waals surface area (Å²) in [5.74, 6) is 1.87. The zero-order valence-corrected chi connectivity index (χ0v) is 19.4. The van der Waals surface area contributed by atoms with Crippen molar-refractivity contribution in [1.82, 2.24) is 10.2 Å². The Balaban J connectivity index is 1.45. The van der Waals surface area contributed by atoms with Crippen molar-refractivity contribution in [3.05, 3.63) is 60.2 Å². The SMILES string of the molecule is COC1CCC(Cc2ccc(Oc3ccccc3)cc2)(C(=O)NC2CCN(C)CC2)CC1. The van der Waals surface area contributed by atoms with Crippen molar-refractivity contribution in [1.29, 1.82) is 0 Å². The van der Waals surface area contributed by atoms with E-state index < -0.39 is 0 Å². The Morgan fingerprint density at radius 1 is 0.969 bits per heavy atom. The molecule has 0 unspecified atom stereocenters. The summed E-state index contributed by atoms with van der Waals surface area (Å²) >= 11 is 0. The van der Waals surface area contributed by atoms with E-state index in [2.05, 4.69) is 29.4 Å². The quantitative estimate of drug-likeness (QED) is 0.677.